The first-order valence-electron chi connectivity index (χ1n) is 14.0. The molecule has 1 aromatic rings. The molecule has 176 valence electrons. The van der Waals surface area contributed by atoms with E-state index in [9.17, 15) is 0 Å². The number of benzene rings is 1. The van der Waals surface area contributed by atoms with Crippen LogP contribution in [0.4, 0.5) is 0 Å². The molecule has 0 N–H and O–H groups in total. The van der Waals surface area contributed by atoms with Crippen molar-refractivity contribution in [2.45, 2.75) is 129 Å². The van der Waals surface area contributed by atoms with E-state index in [1.807, 2.05) is 0 Å². The molecular formula is C30H50O. The van der Waals surface area contributed by atoms with Crippen molar-refractivity contribution < 1.29 is 4.74 Å². The number of hydrogen-bond donors (Lipinski definition) is 0. The fraction of sp³-hybridized carbons (Fsp3) is 0.800. The molecule has 0 bridgehead atoms. The normalized spacial score (nSPS) is 26.6. The van der Waals surface area contributed by atoms with Gasteiger partial charge in [-0.05, 0) is 79.9 Å². The first-order chi connectivity index (χ1) is 15.3. The Bertz CT molecular complexity index is 569. The molecule has 1 aromatic carbocycles. The molecule has 2 fully saturated rings. The molecule has 3 rings (SSSR count). The van der Waals surface area contributed by atoms with Crippen molar-refractivity contribution in [3.8, 4) is 5.75 Å². The van der Waals surface area contributed by atoms with Crippen LogP contribution in [0.25, 0.3) is 0 Å². The standard InChI is InChI=1S/C30H50O/c1-3-5-6-7-8-12-25-16-18-28(19-17-25)29-20-22-30(23-21-29)31-24-11-15-27-14-10-9-13-26(27)4-2/h20-23,25-28H,3-19,24H2,1-2H3. The Morgan fingerprint density at radius 1 is 0.710 bits per heavy atom. The maximum Gasteiger partial charge on any atom is 0.119 e. The second-order valence-electron chi connectivity index (χ2n) is 10.7. The summed E-state index contributed by atoms with van der Waals surface area (Å²) in [6.07, 6.45) is 24.0. The molecule has 0 amide bonds. The van der Waals surface area contributed by atoms with Crippen molar-refractivity contribution >= 4 is 0 Å². The van der Waals surface area contributed by atoms with Crippen molar-refractivity contribution in [2.24, 2.45) is 17.8 Å². The second-order valence-corrected chi connectivity index (χ2v) is 10.7. The number of ether oxygens (including phenoxy) is 1. The van der Waals surface area contributed by atoms with Gasteiger partial charge in [0, 0.05) is 0 Å². The van der Waals surface area contributed by atoms with Crippen LogP contribution in [0.2, 0.25) is 0 Å². The molecule has 2 aliphatic rings. The fourth-order valence-electron chi connectivity index (χ4n) is 6.39. The van der Waals surface area contributed by atoms with Crippen molar-refractivity contribution in [2.75, 3.05) is 6.61 Å². The lowest BCUT2D eigenvalue weighted by atomic mass is 9.76. The van der Waals surface area contributed by atoms with Gasteiger partial charge in [-0.15, -0.1) is 0 Å². The number of hydrogen-bond acceptors (Lipinski definition) is 1. The van der Waals surface area contributed by atoms with E-state index in [-0.39, 0.29) is 0 Å². The molecule has 2 atom stereocenters. The molecule has 31 heavy (non-hydrogen) atoms. The van der Waals surface area contributed by atoms with E-state index in [2.05, 4.69) is 38.1 Å². The van der Waals surface area contributed by atoms with Gasteiger partial charge in [0.2, 0.25) is 0 Å². The second kappa shape index (κ2) is 14.2. The highest BCUT2D eigenvalue weighted by molar-refractivity contribution is 5.29. The van der Waals surface area contributed by atoms with Crippen LogP contribution in [-0.4, -0.2) is 6.61 Å². The molecule has 0 aliphatic heterocycles. The maximum absolute atomic E-state index is 6.10. The summed E-state index contributed by atoms with van der Waals surface area (Å²) in [7, 11) is 0. The van der Waals surface area contributed by atoms with Crippen molar-refractivity contribution in [1.29, 1.82) is 0 Å². The Labute approximate surface area is 193 Å². The summed E-state index contributed by atoms with van der Waals surface area (Å²) in [4.78, 5) is 0. The van der Waals surface area contributed by atoms with E-state index in [0.29, 0.717) is 0 Å². The van der Waals surface area contributed by atoms with Gasteiger partial charge in [0.25, 0.3) is 0 Å². The van der Waals surface area contributed by atoms with Crippen molar-refractivity contribution in [1.82, 2.24) is 0 Å². The van der Waals surface area contributed by atoms with Crippen LogP contribution < -0.4 is 4.74 Å². The highest BCUT2D eigenvalue weighted by atomic mass is 16.5. The molecule has 2 saturated carbocycles. The third kappa shape index (κ3) is 8.47. The molecule has 0 spiro atoms. The predicted molar refractivity (Wildman–Crippen MR) is 135 cm³/mol. The van der Waals surface area contributed by atoms with Gasteiger partial charge in [-0.3, -0.25) is 0 Å². The average molecular weight is 427 g/mol. The monoisotopic (exact) mass is 426 g/mol. The lowest BCUT2D eigenvalue weighted by molar-refractivity contribution is 0.199. The van der Waals surface area contributed by atoms with Crippen LogP contribution in [0.15, 0.2) is 24.3 Å². The highest BCUT2D eigenvalue weighted by Crippen LogP contribution is 2.38. The predicted octanol–water partition coefficient (Wildman–Crippen LogP) is 9.70. The van der Waals surface area contributed by atoms with E-state index < -0.39 is 0 Å². The Morgan fingerprint density at radius 3 is 2.13 bits per heavy atom. The SMILES string of the molecule is CCCCCCCC1CCC(c2ccc(OCCCC3CCCCC3CC)cc2)CC1. The Morgan fingerprint density at radius 2 is 1.42 bits per heavy atom. The van der Waals surface area contributed by atoms with Crippen molar-refractivity contribution in [3.63, 3.8) is 0 Å². The Kier molecular flexibility index (Phi) is 11.3. The Hall–Kier alpha value is -0.980. The summed E-state index contributed by atoms with van der Waals surface area (Å²) in [5.74, 6) is 4.78. The minimum absolute atomic E-state index is 0.780. The van der Waals surface area contributed by atoms with Gasteiger partial charge in [-0.25, -0.2) is 0 Å². The van der Waals surface area contributed by atoms with E-state index in [1.54, 1.807) is 5.56 Å². The minimum Gasteiger partial charge on any atom is -0.494 e. The highest BCUT2D eigenvalue weighted by Gasteiger charge is 2.23. The van der Waals surface area contributed by atoms with Crippen LogP contribution >= 0.6 is 0 Å². The molecule has 2 aliphatic carbocycles. The third-order valence-corrected chi connectivity index (χ3v) is 8.49. The van der Waals surface area contributed by atoms with Gasteiger partial charge in [0.05, 0.1) is 6.61 Å². The summed E-state index contributed by atoms with van der Waals surface area (Å²) in [5, 5.41) is 0. The van der Waals surface area contributed by atoms with Crippen LogP contribution in [0.1, 0.15) is 134 Å². The van der Waals surface area contributed by atoms with Crippen LogP contribution in [0.5, 0.6) is 5.75 Å². The van der Waals surface area contributed by atoms with Crippen LogP contribution in [0.3, 0.4) is 0 Å². The van der Waals surface area contributed by atoms with E-state index in [4.69, 9.17) is 4.74 Å². The lowest BCUT2D eigenvalue weighted by Crippen LogP contribution is -2.19. The number of unbranched alkanes of at least 4 members (excludes halogenated alkanes) is 4. The molecule has 0 saturated heterocycles. The summed E-state index contributed by atoms with van der Waals surface area (Å²) in [6.45, 7) is 5.57. The third-order valence-electron chi connectivity index (χ3n) is 8.49. The van der Waals surface area contributed by atoms with Gasteiger partial charge in [0.15, 0.2) is 0 Å². The van der Waals surface area contributed by atoms with Gasteiger partial charge in [-0.2, -0.15) is 0 Å². The zero-order chi connectivity index (χ0) is 21.7. The smallest absolute Gasteiger partial charge is 0.119 e. The topological polar surface area (TPSA) is 9.23 Å². The molecule has 1 nitrogen and oxygen atoms in total. The summed E-state index contributed by atoms with van der Waals surface area (Å²) in [5.41, 5.74) is 1.54. The van der Waals surface area contributed by atoms with Gasteiger partial charge < -0.3 is 4.74 Å². The average Bonchev–Trinajstić information content (AvgIpc) is 2.83. The zero-order valence-electron chi connectivity index (χ0n) is 20.8. The van der Waals surface area contributed by atoms with E-state index in [0.717, 1.165) is 36.0 Å². The maximum atomic E-state index is 6.10. The van der Waals surface area contributed by atoms with Gasteiger partial charge >= 0.3 is 0 Å². The first kappa shape index (κ1) is 24.7. The first-order valence-corrected chi connectivity index (χ1v) is 14.0. The number of rotatable bonds is 13. The summed E-state index contributed by atoms with van der Waals surface area (Å²) >= 11 is 0. The fourth-order valence-corrected chi connectivity index (χ4v) is 6.39. The molecule has 0 aromatic heterocycles. The Balaban J connectivity index is 1.30. The molecular weight excluding hydrogens is 376 g/mol. The van der Waals surface area contributed by atoms with E-state index in [1.165, 1.54) is 109 Å². The summed E-state index contributed by atoms with van der Waals surface area (Å²) < 4.78 is 6.10. The quantitative estimate of drug-likeness (QED) is 0.285. The zero-order valence-corrected chi connectivity index (χ0v) is 20.8. The molecule has 2 unspecified atom stereocenters. The minimum atomic E-state index is 0.780. The van der Waals surface area contributed by atoms with E-state index >= 15 is 0 Å². The van der Waals surface area contributed by atoms with Gasteiger partial charge in [-0.1, -0.05) is 96.6 Å². The van der Waals surface area contributed by atoms with Crippen LogP contribution in [0, 0.1) is 17.8 Å². The molecule has 0 heterocycles. The van der Waals surface area contributed by atoms with Crippen LogP contribution in [-0.2, 0) is 0 Å². The molecule has 1 heteroatoms. The molecule has 0 radical (unpaired) electrons. The van der Waals surface area contributed by atoms with Crippen molar-refractivity contribution in [3.05, 3.63) is 29.8 Å². The lowest BCUT2D eigenvalue weighted by Gasteiger charge is -2.30. The van der Waals surface area contributed by atoms with Gasteiger partial charge in [0.1, 0.15) is 5.75 Å². The largest absolute Gasteiger partial charge is 0.494 e. The summed E-state index contributed by atoms with van der Waals surface area (Å²) in [6, 6.07) is 9.15.